The fourth-order valence-electron chi connectivity index (χ4n) is 3.21. The minimum atomic E-state index is -3.34. The summed E-state index contributed by atoms with van der Waals surface area (Å²) in [5, 5.41) is 7.32. The second kappa shape index (κ2) is 11.5. The van der Waals surface area contributed by atoms with Crippen molar-refractivity contribution in [3.63, 3.8) is 0 Å². The average Bonchev–Trinajstić information content (AvgIpc) is 3.19. The van der Waals surface area contributed by atoms with Gasteiger partial charge in [-0.3, -0.25) is 9.62 Å². The molecule has 2 aromatic rings. The maximum atomic E-state index is 11.6. The van der Waals surface area contributed by atoms with Gasteiger partial charge in [-0.05, 0) is 18.6 Å². The van der Waals surface area contributed by atoms with Gasteiger partial charge in [0.25, 0.3) is 0 Å². The third-order valence-corrected chi connectivity index (χ3v) is 5.19. The molecule has 11 heteroatoms. The first-order chi connectivity index (χ1) is 13.9. The monoisotopic (exact) mass is 548 g/mol. The molecule has 166 valence electrons. The summed E-state index contributed by atoms with van der Waals surface area (Å²) in [5.74, 6) is 0.836. The third-order valence-electron chi connectivity index (χ3n) is 4.60. The molecule has 0 atom stereocenters. The summed E-state index contributed by atoms with van der Waals surface area (Å²) in [6.45, 7) is 7.49. The summed E-state index contributed by atoms with van der Waals surface area (Å²) < 4.78 is 30.7. The number of hydrogen-bond donors (Lipinski definition) is 2. The van der Waals surface area contributed by atoms with Gasteiger partial charge in [-0.1, -0.05) is 23.4 Å². The van der Waals surface area contributed by atoms with E-state index in [0.29, 0.717) is 12.2 Å². The van der Waals surface area contributed by atoms with Crippen LogP contribution in [0.1, 0.15) is 18.2 Å². The number of para-hydroxylation sites is 1. The van der Waals surface area contributed by atoms with Crippen molar-refractivity contribution in [3.8, 4) is 0 Å². The maximum absolute atomic E-state index is 11.6. The smallest absolute Gasteiger partial charge is 0.229 e. The summed E-state index contributed by atoms with van der Waals surface area (Å²) in [6.07, 6.45) is 2.74. The van der Waals surface area contributed by atoms with Crippen molar-refractivity contribution in [2.75, 3.05) is 43.7 Å². The van der Waals surface area contributed by atoms with Crippen LogP contribution in [0.15, 0.2) is 46.1 Å². The molecular formula is C19H29IN6O3S. The van der Waals surface area contributed by atoms with Crippen molar-refractivity contribution in [3.05, 3.63) is 47.9 Å². The molecule has 9 nitrogen and oxygen atoms in total. The van der Waals surface area contributed by atoms with Crippen LogP contribution in [0.25, 0.3) is 0 Å². The average molecular weight is 548 g/mol. The molecule has 3 rings (SSSR count). The summed E-state index contributed by atoms with van der Waals surface area (Å²) in [4.78, 5) is 9.32. The second-order valence-corrected chi connectivity index (χ2v) is 8.70. The molecule has 0 spiro atoms. The molecular weight excluding hydrogens is 519 g/mol. The number of hydrogen-bond acceptors (Lipinski definition) is 6. The fraction of sp³-hybridized carbons (Fsp3) is 0.474. The van der Waals surface area contributed by atoms with E-state index in [1.54, 1.807) is 18.4 Å². The van der Waals surface area contributed by atoms with E-state index < -0.39 is 10.0 Å². The Morgan fingerprint density at radius 1 is 1.20 bits per heavy atom. The molecule has 1 aromatic carbocycles. The number of aliphatic imine (C=N–C) groups is 1. The number of nitrogens with zero attached hydrogens (tertiary/aromatic N) is 4. The molecule has 1 aliphatic heterocycles. The molecule has 1 aliphatic rings. The van der Waals surface area contributed by atoms with Gasteiger partial charge >= 0.3 is 0 Å². The van der Waals surface area contributed by atoms with Crippen LogP contribution in [0, 0.1) is 0 Å². The van der Waals surface area contributed by atoms with E-state index in [1.165, 1.54) is 0 Å². The highest BCUT2D eigenvalue weighted by Crippen LogP contribution is 2.17. The van der Waals surface area contributed by atoms with Crippen molar-refractivity contribution >= 4 is 45.6 Å². The molecule has 1 saturated heterocycles. The normalized spacial score (nSPS) is 15.5. The van der Waals surface area contributed by atoms with E-state index in [-0.39, 0.29) is 24.0 Å². The highest BCUT2D eigenvalue weighted by molar-refractivity contribution is 14.0. The van der Waals surface area contributed by atoms with Crippen LogP contribution in [0.3, 0.4) is 0 Å². The Kier molecular flexibility index (Phi) is 9.37. The molecule has 0 radical (unpaired) electrons. The van der Waals surface area contributed by atoms with Gasteiger partial charge < -0.3 is 14.7 Å². The number of guanidine groups is 1. The van der Waals surface area contributed by atoms with E-state index in [4.69, 9.17) is 9.52 Å². The Bertz CT molecular complexity index is 912. The van der Waals surface area contributed by atoms with E-state index in [0.717, 1.165) is 62.7 Å². The molecule has 0 aliphatic carbocycles. The molecule has 0 bridgehead atoms. The fourth-order valence-corrected chi connectivity index (χ4v) is 3.81. The lowest BCUT2D eigenvalue weighted by molar-refractivity contribution is 0.169. The number of piperazine rings is 1. The third kappa shape index (κ3) is 7.43. The predicted molar refractivity (Wildman–Crippen MR) is 128 cm³/mol. The van der Waals surface area contributed by atoms with E-state index in [9.17, 15) is 8.42 Å². The topological polar surface area (TPSA) is 103 Å². The van der Waals surface area contributed by atoms with Crippen molar-refractivity contribution in [1.29, 1.82) is 0 Å². The number of sulfonamides is 1. The van der Waals surface area contributed by atoms with Crippen LogP contribution >= 0.6 is 24.0 Å². The first kappa shape index (κ1) is 24.4. The number of anilines is 1. The first-order valence-corrected chi connectivity index (χ1v) is 11.5. The lowest BCUT2D eigenvalue weighted by atomic mass is 10.2. The molecule has 1 fully saturated rings. The Hall–Kier alpha value is -1.86. The van der Waals surface area contributed by atoms with Gasteiger partial charge in [0.2, 0.25) is 10.0 Å². The number of rotatable bonds is 7. The summed E-state index contributed by atoms with van der Waals surface area (Å²) >= 11 is 0. The summed E-state index contributed by atoms with van der Waals surface area (Å²) in [6, 6.07) is 9.21. The molecule has 2 heterocycles. The Balaban J connectivity index is 0.00000320. The molecule has 1 aromatic heterocycles. The number of aromatic nitrogens is 1. The van der Waals surface area contributed by atoms with Crippen molar-refractivity contribution < 1.29 is 12.9 Å². The van der Waals surface area contributed by atoms with Crippen LogP contribution in [-0.4, -0.2) is 68.3 Å². The number of benzene rings is 1. The van der Waals surface area contributed by atoms with Crippen LogP contribution < -0.4 is 10.0 Å². The Labute approximate surface area is 195 Å². The van der Waals surface area contributed by atoms with Gasteiger partial charge in [0.05, 0.1) is 24.2 Å². The van der Waals surface area contributed by atoms with Crippen LogP contribution in [0.2, 0.25) is 0 Å². The minimum absolute atomic E-state index is 0. The van der Waals surface area contributed by atoms with Gasteiger partial charge in [0, 0.05) is 45.3 Å². The van der Waals surface area contributed by atoms with E-state index in [1.807, 2.05) is 25.1 Å². The summed E-state index contributed by atoms with van der Waals surface area (Å²) in [5.41, 5.74) is 2.33. The minimum Gasteiger partial charge on any atom is -0.364 e. The SMILES string of the molecule is CCNC(=NCc1ccccc1NS(C)(=O)=O)N1CCN(Cc2ccon2)CC1.I. The largest absolute Gasteiger partial charge is 0.364 e. The molecule has 2 N–H and O–H groups in total. The number of nitrogens with one attached hydrogen (secondary N) is 2. The van der Waals surface area contributed by atoms with Gasteiger partial charge in [0.1, 0.15) is 6.26 Å². The highest BCUT2D eigenvalue weighted by atomic mass is 127. The molecule has 0 unspecified atom stereocenters. The summed E-state index contributed by atoms with van der Waals surface area (Å²) in [7, 11) is -3.34. The zero-order valence-corrected chi connectivity index (χ0v) is 20.4. The molecule has 0 amide bonds. The maximum Gasteiger partial charge on any atom is 0.229 e. The van der Waals surface area contributed by atoms with Crippen molar-refractivity contribution in [1.82, 2.24) is 20.3 Å². The van der Waals surface area contributed by atoms with E-state index in [2.05, 4.69) is 25.0 Å². The van der Waals surface area contributed by atoms with Crippen LogP contribution in [0.4, 0.5) is 5.69 Å². The van der Waals surface area contributed by atoms with Crippen molar-refractivity contribution in [2.24, 2.45) is 4.99 Å². The second-order valence-electron chi connectivity index (χ2n) is 6.96. The molecule has 0 saturated carbocycles. The van der Waals surface area contributed by atoms with Gasteiger partial charge in [0.15, 0.2) is 5.96 Å². The Morgan fingerprint density at radius 2 is 1.93 bits per heavy atom. The zero-order chi connectivity index (χ0) is 20.7. The quantitative estimate of drug-likeness (QED) is 0.310. The first-order valence-electron chi connectivity index (χ1n) is 9.65. The van der Waals surface area contributed by atoms with Crippen LogP contribution in [0.5, 0.6) is 0 Å². The van der Waals surface area contributed by atoms with Crippen molar-refractivity contribution in [2.45, 2.75) is 20.0 Å². The standard InChI is InChI=1S/C19H28N6O3S.HI/c1-3-20-19(21-14-16-6-4-5-7-18(16)23-29(2,26)27)25-11-9-24(10-12-25)15-17-8-13-28-22-17;/h4-8,13,23H,3,9-12,14-15H2,1-2H3,(H,20,21);1H. The molecule has 30 heavy (non-hydrogen) atoms. The van der Waals surface area contributed by atoms with Gasteiger partial charge in [-0.25, -0.2) is 13.4 Å². The lowest BCUT2D eigenvalue weighted by Crippen LogP contribution is -2.52. The lowest BCUT2D eigenvalue weighted by Gasteiger charge is -2.36. The number of halogens is 1. The Morgan fingerprint density at radius 3 is 2.57 bits per heavy atom. The predicted octanol–water partition coefficient (Wildman–Crippen LogP) is 1.95. The van der Waals surface area contributed by atoms with Crippen LogP contribution in [-0.2, 0) is 23.1 Å². The highest BCUT2D eigenvalue weighted by Gasteiger charge is 2.20. The van der Waals surface area contributed by atoms with Gasteiger partial charge in [-0.2, -0.15) is 0 Å². The van der Waals surface area contributed by atoms with E-state index >= 15 is 0 Å². The zero-order valence-electron chi connectivity index (χ0n) is 17.2. The van der Waals surface area contributed by atoms with Gasteiger partial charge in [-0.15, -0.1) is 24.0 Å².